The molecule has 78 valence electrons. The van der Waals surface area contributed by atoms with Crippen molar-refractivity contribution in [3.63, 3.8) is 0 Å². The minimum absolute atomic E-state index is 0.234. The zero-order chi connectivity index (χ0) is 10.7. The van der Waals surface area contributed by atoms with Crippen molar-refractivity contribution in [3.05, 3.63) is 23.0 Å². The second-order valence-corrected chi connectivity index (χ2v) is 3.86. The lowest BCUT2D eigenvalue weighted by molar-refractivity contribution is 0.102. The van der Waals surface area contributed by atoms with Gasteiger partial charge in [-0.3, -0.25) is 15.2 Å². The summed E-state index contributed by atoms with van der Waals surface area (Å²) in [6.07, 6.45) is 3.80. The Labute approximate surface area is 89.7 Å². The first kappa shape index (κ1) is 9.78. The highest BCUT2D eigenvalue weighted by molar-refractivity contribution is 7.15. The van der Waals surface area contributed by atoms with E-state index in [2.05, 4.69) is 25.7 Å². The minimum atomic E-state index is -0.234. The Morgan fingerprint density at radius 1 is 1.60 bits per heavy atom. The molecule has 15 heavy (non-hydrogen) atoms. The summed E-state index contributed by atoms with van der Waals surface area (Å²) in [5, 5.41) is 18.1. The lowest BCUT2D eigenvalue weighted by atomic mass is 10.3. The second kappa shape index (κ2) is 4.18. The Hall–Kier alpha value is -1.76. The number of aryl methyl sites for hydroxylation is 1. The molecule has 0 unspecified atom stereocenters. The van der Waals surface area contributed by atoms with Gasteiger partial charge >= 0.3 is 0 Å². The smallest absolute Gasteiger partial charge is 0.260 e. The van der Waals surface area contributed by atoms with Crippen LogP contribution in [0.4, 0.5) is 5.13 Å². The molecule has 0 saturated carbocycles. The first-order valence-corrected chi connectivity index (χ1v) is 5.23. The second-order valence-electron chi connectivity index (χ2n) is 2.80. The predicted molar refractivity (Wildman–Crippen MR) is 55.8 cm³/mol. The molecule has 0 aliphatic rings. The van der Waals surface area contributed by atoms with Gasteiger partial charge in [0.2, 0.25) is 5.13 Å². The molecule has 2 N–H and O–H groups in total. The molecule has 0 spiro atoms. The number of aromatic nitrogens is 4. The fourth-order valence-corrected chi connectivity index (χ4v) is 1.67. The number of hydrogen-bond acceptors (Lipinski definition) is 5. The van der Waals surface area contributed by atoms with Crippen LogP contribution in [0.25, 0.3) is 0 Å². The van der Waals surface area contributed by atoms with Gasteiger partial charge in [0.05, 0.1) is 11.8 Å². The molecule has 0 aromatic carbocycles. The lowest BCUT2D eigenvalue weighted by Gasteiger charge is -1.95. The van der Waals surface area contributed by atoms with E-state index in [1.165, 1.54) is 23.7 Å². The van der Waals surface area contributed by atoms with Crippen LogP contribution in [0.15, 0.2) is 12.4 Å². The molecule has 0 atom stereocenters. The van der Waals surface area contributed by atoms with Crippen molar-refractivity contribution >= 4 is 22.4 Å². The maximum absolute atomic E-state index is 11.5. The van der Waals surface area contributed by atoms with Crippen molar-refractivity contribution < 1.29 is 4.79 Å². The van der Waals surface area contributed by atoms with Crippen molar-refractivity contribution in [3.8, 4) is 0 Å². The van der Waals surface area contributed by atoms with Crippen LogP contribution in [0.1, 0.15) is 22.3 Å². The molecule has 0 aliphatic carbocycles. The van der Waals surface area contributed by atoms with E-state index in [0.29, 0.717) is 10.7 Å². The average Bonchev–Trinajstić information content (AvgIpc) is 2.87. The van der Waals surface area contributed by atoms with Gasteiger partial charge < -0.3 is 0 Å². The third-order valence-electron chi connectivity index (χ3n) is 1.75. The summed E-state index contributed by atoms with van der Waals surface area (Å²) < 4.78 is 0. The van der Waals surface area contributed by atoms with Gasteiger partial charge in [-0.25, -0.2) is 0 Å². The maximum atomic E-state index is 11.5. The van der Waals surface area contributed by atoms with Crippen molar-refractivity contribution in [2.75, 3.05) is 5.32 Å². The normalized spacial score (nSPS) is 10.2. The number of carbonyl (C=O) groups is 1. The molecule has 0 radical (unpaired) electrons. The number of hydrogen-bond donors (Lipinski definition) is 2. The summed E-state index contributed by atoms with van der Waals surface area (Å²) in [5.41, 5.74) is 0.475. The zero-order valence-electron chi connectivity index (χ0n) is 8.02. The Kier molecular flexibility index (Phi) is 2.72. The average molecular weight is 223 g/mol. The quantitative estimate of drug-likeness (QED) is 0.815. The van der Waals surface area contributed by atoms with Gasteiger partial charge in [0.15, 0.2) is 0 Å². The van der Waals surface area contributed by atoms with E-state index in [1.54, 1.807) is 0 Å². The topological polar surface area (TPSA) is 83.6 Å². The van der Waals surface area contributed by atoms with Crippen LogP contribution in [0, 0.1) is 0 Å². The SMILES string of the molecule is CCc1nnc(NC(=O)c2cn[nH]c2)s1. The number of H-pyrrole nitrogens is 1. The Morgan fingerprint density at radius 2 is 2.47 bits per heavy atom. The highest BCUT2D eigenvalue weighted by Gasteiger charge is 2.09. The monoisotopic (exact) mass is 223 g/mol. The highest BCUT2D eigenvalue weighted by Crippen LogP contribution is 2.15. The number of carbonyl (C=O) groups excluding carboxylic acids is 1. The predicted octanol–water partition coefficient (Wildman–Crippen LogP) is 1.08. The van der Waals surface area contributed by atoms with E-state index < -0.39 is 0 Å². The first-order chi connectivity index (χ1) is 7.29. The zero-order valence-corrected chi connectivity index (χ0v) is 8.84. The molecule has 0 saturated heterocycles. The molecular formula is C8H9N5OS. The van der Waals surface area contributed by atoms with Crippen LogP contribution >= 0.6 is 11.3 Å². The van der Waals surface area contributed by atoms with E-state index in [9.17, 15) is 4.79 Å². The van der Waals surface area contributed by atoms with E-state index in [0.717, 1.165) is 11.4 Å². The van der Waals surface area contributed by atoms with Gasteiger partial charge in [0.25, 0.3) is 5.91 Å². The van der Waals surface area contributed by atoms with Crippen molar-refractivity contribution in [2.24, 2.45) is 0 Å². The molecule has 0 fully saturated rings. The van der Waals surface area contributed by atoms with E-state index >= 15 is 0 Å². The summed E-state index contributed by atoms with van der Waals surface area (Å²) in [6.45, 7) is 1.99. The molecule has 1 amide bonds. The minimum Gasteiger partial charge on any atom is -0.296 e. The van der Waals surface area contributed by atoms with Crippen LogP contribution in [-0.2, 0) is 6.42 Å². The van der Waals surface area contributed by atoms with Crippen LogP contribution < -0.4 is 5.32 Å². The molecule has 0 bridgehead atoms. The Morgan fingerprint density at radius 3 is 3.07 bits per heavy atom. The van der Waals surface area contributed by atoms with E-state index in [-0.39, 0.29) is 5.91 Å². The molecule has 6 nitrogen and oxygen atoms in total. The summed E-state index contributed by atoms with van der Waals surface area (Å²) in [7, 11) is 0. The summed E-state index contributed by atoms with van der Waals surface area (Å²) in [4.78, 5) is 11.5. The molecule has 0 aliphatic heterocycles. The third-order valence-corrected chi connectivity index (χ3v) is 2.73. The molecule has 2 heterocycles. The van der Waals surface area contributed by atoms with E-state index in [4.69, 9.17) is 0 Å². The summed E-state index contributed by atoms with van der Waals surface area (Å²) >= 11 is 1.37. The van der Waals surface area contributed by atoms with Crippen LogP contribution in [0.2, 0.25) is 0 Å². The molecular weight excluding hydrogens is 214 g/mol. The van der Waals surface area contributed by atoms with E-state index in [1.807, 2.05) is 6.92 Å². The first-order valence-electron chi connectivity index (χ1n) is 4.42. The van der Waals surface area contributed by atoms with Gasteiger partial charge in [-0.05, 0) is 6.42 Å². The van der Waals surface area contributed by atoms with Crippen LogP contribution in [0.5, 0.6) is 0 Å². The molecule has 7 heteroatoms. The molecule has 2 aromatic rings. The number of nitrogens with zero attached hydrogens (tertiary/aromatic N) is 3. The number of amides is 1. The number of aromatic amines is 1. The standard InChI is InChI=1S/C8H9N5OS/c1-2-6-12-13-8(15-6)11-7(14)5-3-9-10-4-5/h3-4H,2H2,1H3,(H,9,10)(H,11,13,14). The van der Waals surface area contributed by atoms with Gasteiger partial charge in [0.1, 0.15) is 5.01 Å². The summed E-state index contributed by atoms with van der Waals surface area (Å²) in [6, 6.07) is 0. The van der Waals surface area contributed by atoms with Crippen molar-refractivity contribution in [1.29, 1.82) is 0 Å². The fraction of sp³-hybridized carbons (Fsp3) is 0.250. The number of anilines is 1. The van der Waals surface area contributed by atoms with Crippen LogP contribution in [-0.4, -0.2) is 26.3 Å². The largest absolute Gasteiger partial charge is 0.296 e. The highest BCUT2D eigenvalue weighted by atomic mass is 32.1. The third kappa shape index (κ3) is 2.18. The lowest BCUT2D eigenvalue weighted by Crippen LogP contribution is -2.10. The fourth-order valence-electron chi connectivity index (χ4n) is 0.991. The Bertz CT molecular complexity index is 449. The van der Waals surface area contributed by atoms with Crippen molar-refractivity contribution in [1.82, 2.24) is 20.4 Å². The van der Waals surface area contributed by atoms with Gasteiger partial charge in [-0.15, -0.1) is 10.2 Å². The van der Waals surface area contributed by atoms with Crippen molar-refractivity contribution in [2.45, 2.75) is 13.3 Å². The number of rotatable bonds is 3. The Balaban J connectivity index is 2.06. The maximum Gasteiger partial charge on any atom is 0.260 e. The molecule has 2 rings (SSSR count). The summed E-state index contributed by atoms with van der Waals surface area (Å²) in [5.74, 6) is -0.234. The number of nitrogens with one attached hydrogen (secondary N) is 2. The van der Waals surface area contributed by atoms with Gasteiger partial charge in [-0.2, -0.15) is 5.10 Å². The van der Waals surface area contributed by atoms with Gasteiger partial charge in [-0.1, -0.05) is 18.3 Å². The van der Waals surface area contributed by atoms with Crippen LogP contribution in [0.3, 0.4) is 0 Å². The van der Waals surface area contributed by atoms with Gasteiger partial charge in [0, 0.05) is 6.20 Å². The molecule has 2 aromatic heterocycles.